The molecule has 0 aliphatic carbocycles. The van der Waals surface area contributed by atoms with Crippen molar-refractivity contribution >= 4 is 17.6 Å². The number of aromatic nitrogens is 4. The van der Waals surface area contributed by atoms with E-state index in [2.05, 4.69) is 20.0 Å². The van der Waals surface area contributed by atoms with Crippen LogP contribution < -0.4 is 5.73 Å². The maximum Gasteiger partial charge on any atom is 0.319 e. The molecule has 158 valence electrons. The number of hydrogen-bond donors (Lipinski definition) is 1. The number of likely N-dealkylation sites (tertiary alicyclic amines) is 1. The largest absolute Gasteiger partial charge is 0.461 e. The summed E-state index contributed by atoms with van der Waals surface area (Å²) in [5.74, 6) is 1.38. The fourth-order valence-corrected chi connectivity index (χ4v) is 4.61. The molecule has 3 aromatic heterocycles. The molecule has 0 unspecified atom stereocenters. The van der Waals surface area contributed by atoms with Crippen LogP contribution in [0.25, 0.3) is 17.2 Å². The molecular formula is C20H26N8O2. The molecule has 2 fully saturated rings. The second-order valence-electron chi connectivity index (χ2n) is 8.30. The third-order valence-corrected chi connectivity index (χ3v) is 6.62. The number of hydrogen-bond acceptors (Lipinski definition) is 7. The summed E-state index contributed by atoms with van der Waals surface area (Å²) in [4.78, 5) is 27.5. The number of piperidine rings is 1. The van der Waals surface area contributed by atoms with Crippen molar-refractivity contribution in [1.82, 2.24) is 34.3 Å². The van der Waals surface area contributed by atoms with Crippen molar-refractivity contribution in [3.63, 3.8) is 0 Å². The summed E-state index contributed by atoms with van der Waals surface area (Å²) in [6.45, 7) is 3.36. The highest BCUT2D eigenvalue weighted by atomic mass is 16.3. The minimum atomic E-state index is -0.0316. The van der Waals surface area contributed by atoms with Crippen LogP contribution in [0, 0.1) is 0 Å². The monoisotopic (exact) mass is 410 g/mol. The Morgan fingerprint density at radius 3 is 2.70 bits per heavy atom. The molecule has 0 saturated carbocycles. The van der Waals surface area contributed by atoms with Crippen LogP contribution in [0.3, 0.4) is 0 Å². The Balaban J connectivity index is 1.35. The molecule has 2 amide bonds. The second kappa shape index (κ2) is 6.98. The first kappa shape index (κ1) is 18.9. The van der Waals surface area contributed by atoms with E-state index in [1.54, 1.807) is 27.9 Å². The molecule has 0 atom stereocenters. The molecule has 0 radical (unpaired) electrons. The van der Waals surface area contributed by atoms with Gasteiger partial charge < -0.3 is 20.0 Å². The molecule has 2 aliphatic heterocycles. The Bertz CT molecular complexity index is 1070. The zero-order chi connectivity index (χ0) is 20.9. The second-order valence-corrected chi connectivity index (χ2v) is 8.30. The molecule has 10 heteroatoms. The summed E-state index contributed by atoms with van der Waals surface area (Å²) in [5.41, 5.74) is 7.66. The quantitative estimate of drug-likeness (QED) is 0.700. The lowest BCUT2D eigenvalue weighted by Gasteiger charge is -2.51. The Labute approximate surface area is 174 Å². The summed E-state index contributed by atoms with van der Waals surface area (Å²) in [5, 5.41) is 4.46. The minimum Gasteiger partial charge on any atom is -0.461 e. The fourth-order valence-electron chi connectivity index (χ4n) is 4.61. The molecule has 2 N–H and O–H groups in total. The van der Waals surface area contributed by atoms with Gasteiger partial charge in [-0.3, -0.25) is 4.90 Å². The van der Waals surface area contributed by atoms with Crippen LogP contribution in [0.1, 0.15) is 24.8 Å². The molecule has 2 aliphatic rings. The van der Waals surface area contributed by atoms with Gasteiger partial charge in [0.1, 0.15) is 0 Å². The highest BCUT2D eigenvalue weighted by Crippen LogP contribution is 2.35. The van der Waals surface area contributed by atoms with E-state index in [9.17, 15) is 4.79 Å². The summed E-state index contributed by atoms with van der Waals surface area (Å²) in [7, 11) is 3.81. The molecule has 5 heterocycles. The third-order valence-electron chi connectivity index (χ3n) is 6.62. The van der Waals surface area contributed by atoms with Crippen molar-refractivity contribution in [3.05, 3.63) is 30.2 Å². The average Bonchev–Trinajstić information content (AvgIpc) is 3.43. The molecule has 2 saturated heterocycles. The lowest BCUT2D eigenvalue weighted by atomic mass is 9.81. The van der Waals surface area contributed by atoms with Crippen molar-refractivity contribution in [2.75, 3.05) is 39.5 Å². The van der Waals surface area contributed by atoms with Crippen LogP contribution in [0.15, 0.2) is 29.0 Å². The Morgan fingerprint density at radius 2 is 1.97 bits per heavy atom. The Kier molecular flexibility index (Phi) is 4.39. The number of carbonyl (C=O) groups excluding carboxylic acids is 1. The van der Waals surface area contributed by atoms with E-state index in [4.69, 9.17) is 10.2 Å². The molecular weight excluding hydrogens is 384 g/mol. The van der Waals surface area contributed by atoms with Crippen molar-refractivity contribution < 1.29 is 9.21 Å². The highest BCUT2D eigenvalue weighted by molar-refractivity contribution is 5.75. The van der Waals surface area contributed by atoms with Gasteiger partial charge in [-0.1, -0.05) is 0 Å². The number of urea groups is 1. The van der Waals surface area contributed by atoms with Crippen LogP contribution in [-0.2, 0) is 6.54 Å². The van der Waals surface area contributed by atoms with E-state index in [0.29, 0.717) is 29.7 Å². The molecule has 30 heavy (non-hydrogen) atoms. The van der Waals surface area contributed by atoms with Gasteiger partial charge in [-0.15, -0.1) is 5.10 Å². The summed E-state index contributed by atoms with van der Waals surface area (Å²) in [6.07, 6.45) is 6.32. The Hall–Kier alpha value is -3.14. The van der Waals surface area contributed by atoms with Gasteiger partial charge in [0.05, 0.1) is 6.26 Å². The first-order valence-corrected chi connectivity index (χ1v) is 10.2. The van der Waals surface area contributed by atoms with Crippen molar-refractivity contribution in [2.24, 2.45) is 0 Å². The number of amides is 2. The average molecular weight is 410 g/mol. The van der Waals surface area contributed by atoms with Crippen molar-refractivity contribution in [2.45, 2.75) is 31.3 Å². The van der Waals surface area contributed by atoms with Crippen LogP contribution >= 0.6 is 0 Å². The van der Waals surface area contributed by atoms with Crippen molar-refractivity contribution in [1.29, 1.82) is 0 Å². The van der Waals surface area contributed by atoms with E-state index in [-0.39, 0.29) is 11.6 Å². The van der Waals surface area contributed by atoms with E-state index in [0.717, 1.165) is 44.5 Å². The Morgan fingerprint density at radius 1 is 1.20 bits per heavy atom. The topological polar surface area (TPSA) is 109 Å². The molecule has 5 rings (SSSR count). The van der Waals surface area contributed by atoms with Crippen LogP contribution in [0.4, 0.5) is 10.7 Å². The van der Waals surface area contributed by atoms with Gasteiger partial charge in [-0.25, -0.2) is 14.8 Å². The fraction of sp³-hybridized carbons (Fsp3) is 0.500. The van der Waals surface area contributed by atoms with E-state index in [1.165, 1.54) is 0 Å². The lowest BCUT2D eigenvalue weighted by Crippen LogP contribution is -2.62. The number of fused-ring (bicyclic) bond motifs is 1. The number of nitrogens with zero attached hydrogens (tertiary/aromatic N) is 7. The molecule has 0 aromatic carbocycles. The molecule has 10 nitrogen and oxygen atoms in total. The van der Waals surface area contributed by atoms with Crippen LogP contribution in [0.5, 0.6) is 0 Å². The SMILES string of the molecule is CN1CCC2(CCN(Cc3cnc(N)n4nc(-c5ccco5)nc34)CC2)N(C)C1=O. The number of anilines is 1. The number of carbonyl (C=O) groups is 1. The van der Waals surface area contributed by atoms with Gasteiger partial charge in [-0.2, -0.15) is 4.52 Å². The van der Waals surface area contributed by atoms with Gasteiger partial charge in [0.2, 0.25) is 11.8 Å². The van der Waals surface area contributed by atoms with Gasteiger partial charge in [0, 0.05) is 57.6 Å². The summed E-state index contributed by atoms with van der Waals surface area (Å²) < 4.78 is 6.99. The smallest absolute Gasteiger partial charge is 0.319 e. The van der Waals surface area contributed by atoms with E-state index in [1.807, 2.05) is 25.1 Å². The van der Waals surface area contributed by atoms with E-state index < -0.39 is 0 Å². The zero-order valence-electron chi connectivity index (χ0n) is 17.3. The zero-order valence-corrected chi connectivity index (χ0v) is 17.3. The van der Waals surface area contributed by atoms with Gasteiger partial charge in [-0.05, 0) is 31.4 Å². The number of nitrogen functional groups attached to an aromatic ring is 1. The maximum absolute atomic E-state index is 12.4. The van der Waals surface area contributed by atoms with Gasteiger partial charge >= 0.3 is 6.03 Å². The first-order valence-electron chi connectivity index (χ1n) is 10.2. The predicted octanol–water partition coefficient (Wildman–Crippen LogP) is 1.69. The van der Waals surface area contributed by atoms with Gasteiger partial charge in [0.15, 0.2) is 11.4 Å². The maximum atomic E-state index is 12.4. The highest BCUT2D eigenvalue weighted by Gasteiger charge is 2.44. The summed E-state index contributed by atoms with van der Waals surface area (Å²) >= 11 is 0. The van der Waals surface area contributed by atoms with Crippen LogP contribution in [0.2, 0.25) is 0 Å². The minimum absolute atomic E-state index is 0.0316. The van der Waals surface area contributed by atoms with Crippen LogP contribution in [-0.4, -0.2) is 79.6 Å². The number of furan rings is 1. The standard InChI is InChI=1S/C20H26N8O2/c1-25-8-5-20(26(2)19(25)29)6-9-27(10-7-20)13-14-12-22-18(21)28-17(14)23-16(24-28)15-4-3-11-30-15/h3-4,11-12H,5-10,13H2,1-2H3,(H2,21,22). The van der Waals surface area contributed by atoms with E-state index >= 15 is 0 Å². The van der Waals surface area contributed by atoms with Gasteiger partial charge in [0.25, 0.3) is 0 Å². The molecule has 1 spiro atoms. The van der Waals surface area contributed by atoms with Crippen molar-refractivity contribution in [3.8, 4) is 11.6 Å². The summed E-state index contributed by atoms with van der Waals surface area (Å²) in [6, 6.07) is 3.74. The molecule has 0 bridgehead atoms. The predicted molar refractivity (Wildman–Crippen MR) is 111 cm³/mol. The lowest BCUT2D eigenvalue weighted by molar-refractivity contribution is 0.0146. The molecule has 3 aromatic rings. The first-order chi connectivity index (χ1) is 14.5. The third kappa shape index (κ3) is 2.98. The number of rotatable bonds is 3. The normalized spacial score (nSPS) is 19.9. The number of nitrogens with two attached hydrogens (primary N) is 1.